The number of thioether (sulfide) groups is 1. The zero-order valence-electron chi connectivity index (χ0n) is 17.1. The molecule has 1 aromatic carbocycles. The van der Waals surface area contributed by atoms with Crippen molar-refractivity contribution in [3.8, 4) is 0 Å². The second kappa shape index (κ2) is 6.11. The van der Waals surface area contributed by atoms with Crippen molar-refractivity contribution >= 4 is 29.1 Å². The van der Waals surface area contributed by atoms with Gasteiger partial charge in [-0.05, 0) is 48.9 Å². The molecule has 1 N–H and O–H groups in total. The van der Waals surface area contributed by atoms with Crippen LogP contribution in [0.1, 0.15) is 73.8 Å². The maximum atomic E-state index is 13.0. The molecule has 2 heterocycles. The third kappa shape index (κ3) is 2.59. The molecule has 29 heavy (non-hydrogen) atoms. The average molecular weight is 409 g/mol. The van der Waals surface area contributed by atoms with Crippen molar-refractivity contribution in [1.82, 2.24) is 15.2 Å². The van der Waals surface area contributed by atoms with Crippen LogP contribution in [0.5, 0.6) is 0 Å². The Bertz CT molecular complexity index is 1070. The molecule has 6 nitrogen and oxygen atoms in total. The van der Waals surface area contributed by atoms with Gasteiger partial charge in [-0.15, -0.1) is 5.10 Å². The summed E-state index contributed by atoms with van der Waals surface area (Å²) in [7, 11) is 0. The number of carbonyl (C=O) groups is 2. The van der Waals surface area contributed by atoms with E-state index < -0.39 is 0 Å². The van der Waals surface area contributed by atoms with Gasteiger partial charge in [0.25, 0.3) is 0 Å². The van der Waals surface area contributed by atoms with Gasteiger partial charge in [0.2, 0.25) is 11.1 Å². The number of rotatable bonds is 4. The summed E-state index contributed by atoms with van der Waals surface area (Å²) < 4.78 is 0. The molecule has 1 aromatic heterocycles. The number of benzene rings is 1. The van der Waals surface area contributed by atoms with Gasteiger partial charge in [-0.2, -0.15) is 5.10 Å². The Morgan fingerprint density at radius 2 is 2.07 bits per heavy atom. The zero-order valence-corrected chi connectivity index (χ0v) is 17.9. The smallest absolute Gasteiger partial charge is 0.228 e. The van der Waals surface area contributed by atoms with Crippen LogP contribution in [0.4, 0.5) is 5.69 Å². The highest BCUT2D eigenvalue weighted by molar-refractivity contribution is 8.00. The molecule has 0 saturated heterocycles. The molecule has 1 saturated carbocycles. The van der Waals surface area contributed by atoms with E-state index in [2.05, 4.69) is 36.3 Å². The Kier molecular flexibility index (Phi) is 3.95. The summed E-state index contributed by atoms with van der Waals surface area (Å²) in [4.78, 5) is 29.4. The average Bonchev–Trinajstić information content (AvgIpc) is 3.22. The van der Waals surface area contributed by atoms with Crippen LogP contribution in [0.15, 0.2) is 23.4 Å². The summed E-state index contributed by atoms with van der Waals surface area (Å²) in [6, 6.07) is 5.39. The molecule has 2 aliphatic carbocycles. The summed E-state index contributed by atoms with van der Waals surface area (Å²) in [5.74, 6) is 0.396. The van der Waals surface area contributed by atoms with Gasteiger partial charge in [0.15, 0.2) is 5.78 Å². The molecular formula is C22H24N4O2S. The minimum absolute atomic E-state index is 0.00862. The van der Waals surface area contributed by atoms with Crippen molar-refractivity contribution in [3.63, 3.8) is 0 Å². The van der Waals surface area contributed by atoms with E-state index in [4.69, 9.17) is 4.98 Å². The number of carbonyl (C=O) groups excluding carboxylic acids is 2. The molecule has 7 heteroatoms. The summed E-state index contributed by atoms with van der Waals surface area (Å²) >= 11 is 1.36. The standard InChI is InChI=1S/C22H24N4O2S/c1-11(18(28)12-5-6-15-13(9-12)10-16(27)23-15)29-20-24-19-17(25-26-20)14-7-8-22(19,4)21(14,2)3/h5-6,9,11,14H,7-8,10H2,1-4H3,(H,23,27)/t11-,14+,22+/m0/s1. The van der Waals surface area contributed by atoms with Gasteiger partial charge in [0.05, 0.1) is 23.1 Å². The number of amides is 1. The van der Waals surface area contributed by atoms with Crippen LogP contribution in [0, 0.1) is 5.41 Å². The lowest BCUT2D eigenvalue weighted by atomic mass is 9.70. The Morgan fingerprint density at radius 1 is 1.28 bits per heavy atom. The number of Topliss-reactive ketones (excluding diaryl/α,β-unsaturated/α-hetero) is 1. The molecule has 1 aliphatic heterocycles. The van der Waals surface area contributed by atoms with E-state index in [9.17, 15) is 9.59 Å². The number of nitrogens with one attached hydrogen (secondary N) is 1. The van der Waals surface area contributed by atoms with E-state index in [0.717, 1.165) is 35.5 Å². The quantitative estimate of drug-likeness (QED) is 0.610. The Labute approximate surface area is 174 Å². The summed E-state index contributed by atoms with van der Waals surface area (Å²) in [6.07, 6.45) is 2.59. The fourth-order valence-corrected chi connectivity index (χ4v) is 6.03. The highest BCUT2D eigenvalue weighted by Gasteiger charge is 2.61. The first-order valence-electron chi connectivity index (χ1n) is 10.1. The van der Waals surface area contributed by atoms with Gasteiger partial charge in [0.1, 0.15) is 0 Å². The van der Waals surface area contributed by atoms with Crippen LogP contribution in [0.3, 0.4) is 0 Å². The minimum atomic E-state index is -0.336. The third-order valence-electron chi connectivity index (χ3n) is 7.44. The largest absolute Gasteiger partial charge is 0.326 e. The summed E-state index contributed by atoms with van der Waals surface area (Å²) in [6.45, 7) is 8.77. The van der Waals surface area contributed by atoms with E-state index in [1.807, 2.05) is 13.0 Å². The minimum Gasteiger partial charge on any atom is -0.326 e. The number of fused-ring (bicyclic) bond motifs is 6. The number of ketones is 1. The second-order valence-electron chi connectivity index (χ2n) is 9.19. The first-order valence-corrected chi connectivity index (χ1v) is 11.0. The lowest BCUT2D eigenvalue weighted by Crippen LogP contribution is -2.32. The van der Waals surface area contributed by atoms with Gasteiger partial charge in [-0.3, -0.25) is 9.59 Å². The molecule has 2 aromatic rings. The van der Waals surface area contributed by atoms with Gasteiger partial charge in [-0.25, -0.2) is 4.98 Å². The van der Waals surface area contributed by atoms with Crippen LogP contribution in [0.2, 0.25) is 0 Å². The van der Waals surface area contributed by atoms with Gasteiger partial charge >= 0.3 is 0 Å². The van der Waals surface area contributed by atoms with E-state index >= 15 is 0 Å². The van der Waals surface area contributed by atoms with Crippen molar-refractivity contribution in [2.75, 3.05) is 5.32 Å². The summed E-state index contributed by atoms with van der Waals surface area (Å²) in [5, 5.41) is 11.9. The molecule has 3 atom stereocenters. The van der Waals surface area contributed by atoms with Crippen molar-refractivity contribution < 1.29 is 9.59 Å². The molecule has 0 unspecified atom stereocenters. The SMILES string of the molecule is C[C@H](Sc1nnc2c(n1)[C@@]1(C)CC[C@H]2C1(C)C)C(=O)c1ccc2c(c1)CC(=O)N2. The van der Waals surface area contributed by atoms with Crippen molar-refractivity contribution in [2.24, 2.45) is 5.41 Å². The normalized spacial score (nSPS) is 26.8. The first-order chi connectivity index (χ1) is 13.7. The van der Waals surface area contributed by atoms with Gasteiger partial charge in [-0.1, -0.05) is 32.5 Å². The highest BCUT2D eigenvalue weighted by Crippen LogP contribution is 2.66. The van der Waals surface area contributed by atoms with Crippen LogP contribution in [-0.2, 0) is 16.6 Å². The van der Waals surface area contributed by atoms with E-state index in [1.54, 1.807) is 12.1 Å². The lowest BCUT2D eigenvalue weighted by molar-refractivity contribution is -0.115. The Balaban J connectivity index is 1.38. The van der Waals surface area contributed by atoms with Crippen LogP contribution in [-0.4, -0.2) is 32.1 Å². The number of hydrogen-bond acceptors (Lipinski definition) is 6. The van der Waals surface area contributed by atoms with Gasteiger partial charge in [0, 0.05) is 22.6 Å². The van der Waals surface area contributed by atoms with Gasteiger partial charge < -0.3 is 5.32 Å². The van der Waals surface area contributed by atoms with Crippen LogP contribution in [0.25, 0.3) is 0 Å². The fraction of sp³-hybridized carbons (Fsp3) is 0.500. The van der Waals surface area contributed by atoms with E-state index in [1.165, 1.54) is 11.8 Å². The topological polar surface area (TPSA) is 84.8 Å². The summed E-state index contributed by atoms with van der Waals surface area (Å²) in [5.41, 5.74) is 4.55. The predicted molar refractivity (Wildman–Crippen MR) is 111 cm³/mol. The maximum Gasteiger partial charge on any atom is 0.228 e. The number of aromatic nitrogens is 3. The third-order valence-corrected chi connectivity index (χ3v) is 8.39. The monoisotopic (exact) mass is 408 g/mol. The Hall–Kier alpha value is -2.28. The predicted octanol–water partition coefficient (Wildman–Crippen LogP) is 3.90. The van der Waals surface area contributed by atoms with Crippen molar-refractivity contribution in [2.45, 2.75) is 68.7 Å². The molecule has 3 aliphatic rings. The number of nitrogens with zero attached hydrogens (tertiary/aromatic N) is 3. The fourth-order valence-electron chi connectivity index (χ4n) is 5.24. The van der Waals surface area contributed by atoms with Crippen molar-refractivity contribution in [1.29, 1.82) is 0 Å². The zero-order chi connectivity index (χ0) is 20.6. The molecular weight excluding hydrogens is 384 g/mol. The first kappa shape index (κ1) is 18.7. The molecule has 1 fully saturated rings. The van der Waals surface area contributed by atoms with E-state index in [-0.39, 0.29) is 27.8 Å². The molecule has 2 bridgehead atoms. The lowest BCUT2D eigenvalue weighted by Gasteiger charge is -2.34. The van der Waals surface area contributed by atoms with Crippen LogP contribution < -0.4 is 5.32 Å². The highest BCUT2D eigenvalue weighted by atomic mass is 32.2. The molecule has 0 spiro atoms. The van der Waals surface area contributed by atoms with E-state index in [0.29, 0.717) is 23.1 Å². The van der Waals surface area contributed by atoms with Crippen LogP contribution >= 0.6 is 11.8 Å². The van der Waals surface area contributed by atoms with Crippen molar-refractivity contribution in [3.05, 3.63) is 40.7 Å². The molecule has 1 amide bonds. The number of anilines is 1. The maximum absolute atomic E-state index is 13.0. The molecule has 5 rings (SSSR count). The molecule has 0 radical (unpaired) electrons. The molecule has 150 valence electrons. The number of hydrogen-bond donors (Lipinski definition) is 1. The Morgan fingerprint density at radius 3 is 2.86 bits per heavy atom. The second-order valence-corrected chi connectivity index (χ2v) is 10.5.